The van der Waals surface area contributed by atoms with E-state index in [0.717, 1.165) is 11.1 Å². The number of benzene rings is 2. The second kappa shape index (κ2) is 6.32. The first-order valence-electron chi connectivity index (χ1n) is 7.77. The lowest BCUT2D eigenvalue weighted by Gasteiger charge is -2.15. The predicted octanol–water partition coefficient (Wildman–Crippen LogP) is 4.12. The summed E-state index contributed by atoms with van der Waals surface area (Å²) < 4.78 is 11.6. The lowest BCUT2D eigenvalue weighted by Crippen LogP contribution is -2.24. The Morgan fingerprint density at radius 3 is 2.42 bits per heavy atom. The van der Waals surface area contributed by atoms with Crippen LogP contribution in [-0.4, -0.2) is 11.9 Å². The molecule has 0 saturated carbocycles. The summed E-state index contributed by atoms with van der Waals surface area (Å²) in [5.74, 6) is 0.254. The number of hydrogen-bond acceptors (Lipinski definition) is 4. The second-order valence-electron chi connectivity index (χ2n) is 5.82. The van der Waals surface area contributed by atoms with Gasteiger partial charge in [0.1, 0.15) is 5.58 Å². The van der Waals surface area contributed by atoms with Crippen LogP contribution in [-0.2, 0) is 4.79 Å². The fourth-order valence-corrected chi connectivity index (χ4v) is 2.39. The van der Waals surface area contributed by atoms with Gasteiger partial charge in [0, 0.05) is 5.56 Å². The summed E-state index contributed by atoms with van der Waals surface area (Å²) in [6.45, 7) is 5.03. The number of ketones is 1. The van der Waals surface area contributed by atoms with E-state index in [1.807, 2.05) is 37.3 Å². The molecule has 4 heteroatoms. The molecule has 1 atom stereocenters. The molecular weight excluding hydrogens is 304 g/mol. The third kappa shape index (κ3) is 2.95. The van der Waals surface area contributed by atoms with Crippen LogP contribution in [0.2, 0.25) is 0 Å². The molecule has 3 rings (SSSR count). The van der Waals surface area contributed by atoms with Crippen LogP contribution < -0.4 is 10.2 Å². The summed E-state index contributed by atoms with van der Waals surface area (Å²) in [5.41, 5.74) is 2.04. The summed E-state index contributed by atoms with van der Waals surface area (Å²) in [7, 11) is 0. The van der Waals surface area contributed by atoms with Crippen LogP contribution in [0.5, 0.6) is 5.75 Å². The number of Topliss-reactive ketones (excluding diaryl/α,β-unsaturated/α-hetero) is 1. The van der Waals surface area contributed by atoms with Crippen LogP contribution in [0.1, 0.15) is 19.4 Å². The van der Waals surface area contributed by atoms with Gasteiger partial charge in [-0.25, -0.2) is 0 Å². The molecule has 0 aliphatic heterocycles. The van der Waals surface area contributed by atoms with Crippen LogP contribution in [0.15, 0.2) is 57.7 Å². The van der Waals surface area contributed by atoms with Crippen molar-refractivity contribution in [3.8, 4) is 17.1 Å². The van der Waals surface area contributed by atoms with Crippen LogP contribution in [0.25, 0.3) is 22.3 Å². The first-order valence-corrected chi connectivity index (χ1v) is 7.77. The predicted molar refractivity (Wildman–Crippen MR) is 93.4 cm³/mol. The lowest BCUT2D eigenvalue weighted by atomic mass is 10.1. The Bertz CT molecular complexity index is 952. The third-order valence-electron chi connectivity index (χ3n) is 3.94. The molecule has 0 aliphatic carbocycles. The normalized spacial score (nSPS) is 12.1. The first-order chi connectivity index (χ1) is 11.5. The van der Waals surface area contributed by atoms with Gasteiger partial charge in [-0.3, -0.25) is 9.59 Å². The smallest absolute Gasteiger partial charge is 0.235 e. The van der Waals surface area contributed by atoms with E-state index in [-0.39, 0.29) is 17.0 Å². The van der Waals surface area contributed by atoms with E-state index < -0.39 is 6.10 Å². The maximum absolute atomic E-state index is 12.9. The highest BCUT2D eigenvalue weighted by atomic mass is 16.5. The van der Waals surface area contributed by atoms with Gasteiger partial charge in [-0.05, 0) is 32.9 Å². The van der Waals surface area contributed by atoms with Crippen molar-refractivity contribution in [1.82, 2.24) is 0 Å². The van der Waals surface area contributed by atoms with Crippen molar-refractivity contribution in [1.29, 1.82) is 0 Å². The summed E-state index contributed by atoms with van der Waals surface area (Å²) in [5, 5.41) is 0.430. The molecule has 0 fully saturated rings. The number of para-hydroxylation sites is 1. The van der Waals surface area contributed by atoms with E-state index in [0.29, 0.717) is 16.7 Å². The van der Waals surface area contributed by atoms with Gasteiger partial charge in [0.25, 0.3) is 0 Å². The molecule has 1 aromatic heterocycles. The van der Waals surface area contributed by atoms with Crippen LogP contribution >= 0.6 is 0 Å². The summed E-state index contributed by atoms with van der Waals surface area (Å²) in [4.78, 5) is 24.4. The van der Waals surface area contributed by atoms with E-state index in [1.165, 1.54) is 6.92 Å². The standard InChI is InChI=1S/C20H18O4/c1-12-8-10-15(11-9-12)19-20(23-14(3)13(2)21)18(22)16-6-4-5-7-17(16)24-19/h4-11,14H,1-3H3. The quantitative estimate of drug-likeness (QED) is 0.725. The Labute approximate surface area is 139 Å². The SMILES string of the molecule is CC(=O)C(C)Oc1c(-c2ccc(C)cc2)oc2ccccc2c1=O. The van der Waals surface area contributed by atoms with E-state index in [2.05, 4.69) is 0 Å². The topological polar surface area (TPSA) is 56.5 Å². The van der Waals surface area contributed by atoms with Gasteiger partial charge >= 0.3 is 0 Å². The van der Waals surface area contributed by atoms with Crippen molar-refractivity contribution in [3.05, 3.63) is 64.3 Å². The second-order valence-corrected chi connectivity index (χ2v) is 5.82. The van der Waals surface area contributed by atoms with Gasteiger partial charge < -0.3 is 9.15 Å². The summed E-state index contributed by atoms with van der Waals surface area (Å²) in [6.07, 6.45) is -0.724. The van der Waals surface area contributed by atoms with Gasteiger partial charge in [-0.2, -0.15) is 0 Å². The van der Waals surface area contributed by atoms with Crippen molar-refractivity contribution in [3.63, 3.8) is 0 Å². The lowest BCUT2D eigenvalue weighted by molar-refractivity contribution is -0.122. The molecule has 0 spiro atoms. The molecule has 24 heavy (non-hydrogen) atoms. The van der Waals surface area contributed by atoms with Crippen molar-refractivity contribution in [2.75, 3.05) is 0 Å². The zero-order chi connectivity index (χ0) is 17.3. The molecule has 0 amide bonds. The van der Waals surface area contributed by atoms with Crippen LogP contribution in [0, 0.1) is 6.92 Å². The molecular formula is C20H18O4. The highest BCUT2D eigenvalue weighted by Gasteiger charge is 2.21. The van der Waals surface area contributed by atoms with Crippen molar-refractivity contribution in [2.45, 2.75) is 26.9 Å². The number of rotatable bonds is 4. The minimum atomic E-state index is -0.724. The monoisotopic (exact) mass is 322 g/mol. The average Bonchev–Trinajstić information content (AvgIpc) is 2.58. The Hall–Kier alpha value is -2.88. The Morgan fingerprint density at radius 1 is 1.08 bits per heavy atom. The fourth-order valence-electron chi connectivity index (χ4n) is 2.39. The number of aryl methyl sites for hydroxylation is 1. The molecule has 0 bridgehead atoms. The number of ether oxygens (including phenoxy) is 1. The number of carbonyl (C=O) groups is 1. The number of hydrogen-bond donors (Lipinski definition) is 0. The van der Waals surface area contributed by atoms with E-state index >= 15 is 0 Å². The molecule has 2 aromatic carbocycles. The molecule has 0 radical (unpaired) electrons. The van der Waals surface area contributed by atoms with Crippen molar-refractivity contribution in [2.24, 2.45) is 0 Å². The molecule has 0 N–H and O–H groups in total. The van der Waals surface area contributed by atoms with Gasteiger partial charge in [-0.1, -0.05) is 42.0 Å². The summed E-state index contributed by atoms with van der Waals surface area (Å²) >= 11 is 0. The maximum atomic E-state index is 12.9. The molecule has 1 heterocycles. The van der Waals surface area contributed by atoms with Gasteiger partial charge in [0.15, 0.2) is 17.6 Å². The zero-order valence-electron chi connectivity index (χ0n) is 13.8. The van der Waals surface area contributed by atoms with Gasteiger partial charge in [-0.15, -0.1) is 0 Å². The molecule has 3 aromatic rings. The number of carbonyl (C=O) groups excluding carboxylic acids is 1. The zero-order valence-corrected chi connectivity index (χ0v) is 13.8. The molecule has 1 unspecified atom stereocenters. The fraction of sp³-hybridized carbons (Fsp3) is 0.200. The molecule has 122 valence electrons. The van der Waals surface area contributed by atoms with Crippen LogP contribution in [0.3, 0.4) is 0 Å². The summed E-state index contributed by atoms with van der Waals surface area (Å²) in [6, 6.07) is 14.6. The number of fused-ring (bicyclic) bond motifs is 1. The minimum Gasteiger partial charge on any atom is -0.475 e. The van der Waals surface area contributed by atoms with Crippen molar-refractivity contribution >= 4 is 16.8 Å². The molecule has 0 saturated heterocycles. The minimum absolute atomic E-state index is 0.0697. The average molecular weight is 322 g/mol. The van der Waals surface area contributed by atoms with E-state index in [9.17, 15) is 9.59 Å². The molecule has 0 aliphatic rings. The van der Waals surface area contributed by atoms with Gasteiger partial charge in [0.05, 0.1) is 5.39 Å². The van der Waals surface area contributed by atoms with E-state index in [4.69, 9.17) is 9.15 Å². The molecule has 4 nitrogen and oxygen atoms in total. The Balaban J connectivity index is 2.26. The largest absolute Gasteiger partial charge is 0.475 e. The highest BCUT2D eigenvalue weighted by molar-refractivity contribution is 5.83. The Kier molecular flexibility index (Phi) is 4.21. The maximum Gasteiger partial charge on any atom is 0.235 e. The van der Waals surface area contributed by atoms with Crippen molar-refractivity contribution < 1.29 is 13.9 Å². The van der Waals surface area contributed by atoms with Crippen LogP contribution in [0.4, 0.5) is 0 Å². The third-order valence-corrected chi connectivity index (χ3v) is 3.94. The highest BCUT2D eigenvalue weighted by Crippen LogP contribution is 2.31. The van der Waals surface area contributed by atoms with Gasteiger partial charge in [0.2, 0.25) is 11.2 Å². The Morgan fingerprint density at radius 2 is 1.75 bits per heavy atom. The first kappa shape index (κ1) is 16.0. The van der Waals surface area contributed by atoms with E-state index in [1.54, 1.807) is 25.1 Å².